The Hall–Kier alpha value is -2.21. The van der Waals surface area contributed by atoms with Crippen LogP contribution in [0.15, 0.2) is 36.5 Å². The molecule has 2 aromatic rings. The Morgan fingerprint density at radius 3 is 2.71 bits per heavy atom. The summed E-state index contributed by atoms with van der Waals surface area (Å²) in [6.07, 6.45) is 3.91. The fourth-order valence-corrected chi connectivity index (χ4v) is 2.69. The van der Waals surface area contributed by atoms with Crippen LogP contribution in [0.5, 0.6) is 0 Å². The van der Waals surface area contributed by atoms with E-state index in [1.165, 1.54) is 19.0 Å². The van der Waals surface area contributed by atoms with Crippen molar-refractivity contribution < 1.29 is 4.79 Å². The zero-order chi connectivity index (χ0) is 14.5. The molecule has 0 aliphatic carbocycles. The Bertz CT molecular complexity index is 563. The molecule has 6 nitrogen and oxygen atoms in total. The van der Waals surface area contributed by atoms with Crippen molar-refractivity contribution in [2.75, 3.05) is 19.6 Å². The molecule has 2 N–H and O–H groups in total. The highest BCUT2D eigenvalue weighted by Gasteiger charge is 2.21. The highest BCUT2D eigenvalue weighted by molar-refractivity contribution is 5.92. The number of hydrogen-bond donors (Lipinski definition) is 2. The average molecular weight is 285 g/mol. The molecule has 0 unspecified atom stereocenters. The Kier molecular flexibility index (Phi) is 4.25. The van der Waals surface area contributed by atoms with Crippen molar-refractivity contribution in [1.82, 2.24) is 25.6 Å². The minimum Gasteiger partial charge on any atom is -0.342 e. The van der Waals surface area contributed by atoms with Crippen molar-refractivity contribution in [3.63, 3.8) is 0 Å². The summed E-state index contributed by atoms with van der Waals surface area (Å²) in [5, 5.41) is 13.0. The largest absolute Gasteiger partial charge is 0.342 e. The summed E-state index contributed by atoms with van der Waals surface area (Å²) in [6, 6.07) is 10.0. The third-order valence-corrected chi connectivity index (χ3v) is 3.79. The number of amides is 1. The van der Waals surface area contributed by atoms with Gasteiger partial charge in [0.2, 0.25) is 0 Å². The van der Waals surface area contributed by atoms with E-state index in [2.05, 4.69) is 25.6 Å². The van der Waals surface area contributed by atoms with Gasteiger partial charge in [0.25, 0.3) is 5.91 Å². The molecule has 21 heavy (non-hydrogen) atoms. The fourth-order valence-electron chi connectivity index (χ4n) is 2.69. The van der Waals surface area contributed by atoms with Crippen LogP contribution in [0.2, 0.25) is 0 Å². The second-order valence-corrected chi connectivity index (χ2v) is 5.30. The summed E-state index contributed by atoms with van der Waals surface area (Å²) >= 11 is 0. The zero-order valence-corrected chi connectivity index (χ0v) is 11.8. The van der Waals surface area contributed by atoms with Crippen LogP contribution in [-0.4, -0.2) is 45.9 Å². The van der Waals surface area contributed by atoms with E-state index in [4.69, 9.17) is 0 Å². The number of aromatic nitrogens is 3. The number of hydrogen-bond acceptors (Lipinski definition) is 4. The number of rotatable bonds is 5. The van der Waals surface area contributed by atoms with Crippen LogP contribution < -0.4 is 5.32 Å². The van der Waals surface area contributed by atoms with Gasteiger partial charge in [-0.2, -0.15) is 15.4 Å². The molecule has 0 radical (unpaired) electrons. The first-order valence-electron chi connectivity index (χ1n) is 7.27. The van der Waals surface area contributed by atoms with Crippen LogP contribution in [0.4, 0.5) is 0 Å². The van der Waals surface area contributed by atoms with Crippen molar-refractivity contribution in [2.45, 2.75) is 18.9 Å². The van der Waals surface area contributed by atoms with Crippen molar-refractivity contribution in [1.29, 1.82) is 0 Å². The first kappa shape index (κ1) is 13.8. The number of carbonyl (C=O) groups excluding carboxylic acids is 1. The maximum absolute atomic E-state index is 12.2. The van der Waals surface area contributed by atoms with Gasteiger partial charge in [-0.05, 0) is 31.5 Å². The van der Waals surface area contributed by atoms with Gasteiger partial charge in [-0.1, -0.05) is 30.3 Å². The molecule has 1 fully saturated rings. The molecule has 1 aliphatic rings. The summed E-state index contributed by atoms with van der Waals surface area (Å²) in [5.41, 5.74) is 1.43. The van der Waals surface area contributed by atoms with E-state index < -0.39 is 0 Å². The van der Waals surface area contributed by atoms with Crippen LogP contribution in [0.25, 0.3) is 0 Å². The van der Waals surface area contributed by atoms with E-state index in [0.29, 0.717) is 5.69 Å². The lowest BCUT2D eigenvalue weighted by molar-refractivity contribution is 0.0922. The summed E-state index contributed by atoms with van der Waals surface area (Å²) in [7, 11) is 0. The van der Waals surface area contributed by atoms with Gasteiger partial charge in [0.15, 0.2) is 5.69 Å². The monoisotopic (exact) mass is 285 g/mol. The van der Waals surface area contributed by atoms with E-state index >= 15 is 0 Å². The van der Waals surface area contributed by atoms with Gasteiger partial charge < -0.3 is 10.2 Å². The maximum atomic E-state index is 12.2. The number of nitrogens with one attached hydrogen (secondary N) is 2. The van der Waals surface area contributed by atoms with Crippen molar-refractivity contribution >= 4 is 5.91 Å². The third kappa shape index (κ3) is 3.46. The normalized spacial score (nSPS) is 16.8. The molecule has 0 bridgehead atoms. The number of H-pyrrole nitrogens is 1. The third-order valence-electron chi connectivity index (χ3n) is 3.79. The lowest BCUT2D eigenvalue weighted by Crippen LogP contribution is -2.37. The highest BCUT2D eigenvalue weighted by Crippen LogP contribution is 2.18. The van der Waals surface area contributed by atoms with Gasteiger partial charge in [0.05, 0.1) is 12.2 Å². The number of carbonyl (C=O) groups is 1. The highest BCUT2D eigenvalue weighted by atomic mass is 16.2. The minimum absolute atomic E-state index is 0.0338. The standard InChI is InChI=1S/C15H19N5O/c21-15(13-10-16-19-18-13)17-14(11-20-8-4-5-9-20)12-6-2-1-3-7-12/h1-3,6-7,10,14H,4-5,8-9,11H2,(H,17,21)(H,16,18,19)/t14-/m1/s1. The molecule has 0 spiro atoms. The van der Waals surface area contributed by atoms with Gasteiger partial charge in [-0.15, -0.1) is 0 Å². The van der Waals surface area contributed by atoms with Crippen molar-refractivity contribution in [3.05, 3.63) is 47.8 Å². The molecule has 0 saturated carbocycles. The van der Waals surface area contributed by atoms with Gasteiger partial charge in [0, 0.05) is 6.54 Å². The van der Waals surface area contributed by atoms with Crippen molar-refractivity contribution in [3.8, 4) is 0 Å². The van der Waals surface area contributed by atoms with Crippen molar-refractivity contribution in [2.24, 2.45) is 0 Å². The van der Waals surface area contributed by atoms with Crippen LogP contribution >= 0.6 is 0 Å². The second kappa shape index (κ2) is 6.49. The fraction of sp³-hybridized carbons (Fsp3) is 0.400. The van der Waals surface area contributed by atoms with E-state index in [1.807, 2.05) is 30.3 Å². The van der Waals surface area contributed by atoms with Crippen LogP contribution in [0.1, 0.15) is 34.9 Å². The Morgan fingerprint density at radius 1 is 1.29 bits per heavy atom. The SMILES string of the molecule is O=C(N[C@H](CN1CCCC1)c1ccccc1)c1cn[nH]n1. The number of benzene rings is 1. The first-order chi connectivity index (χ1) is 10.3. The summed E-state index contributed by atoms with van der Waals surface area (Å²) in [4.78, 5) is 14.6. The molecule has 6 heteroatoms. The summed E-state index contributed by atoms with van der Waals surface area (Å²) < 4.78 is 0. The second-order valence-electron chi connectivity index (χ2n) is 5.30. The molecule has 1 aliphatic heterocycles. The van der Waals surface area contributed by atoms with Crippen LogP contribution in [-0.2, 0) is 0 Å². The van der Waals surface area contributed by atoms with E-state index in [1.54, 1.807) is 0 Å². The molecule has 1 saturated heterocycles. The molecule has 1 aromatic carbocycles. The molecule has 1 aromatic heterocycles. The predicted molar refractivity (Wildman–Crippen MR) is 78.7 cm³/mol. The van der Waals surface area contributed by atoms with Gasteiger partial charge >= 0.3 is 0 Å². The number of aromatic amines is 1. The molecule has 110 valence electrons. The summed E-state index contributed by atoms with van der Waals surface area (Å²) in [6.45, 7) is 3.03. The predicted octanol–water partition coefficient (Wildman–Crippen LogP) is 1.37. The molecular formula is C15H19N5O. The zero-order valence-electron chi connectivity index (χ0n) is 11.8. The number of nitrogens with zero attached hydrogens (tertiary/aromatic N) is 3. The first-order valence-corrected chi connectivity index (χ1v) is 7.27. The minimum atomic E-state index is -0.197. The van der Waals surface area contributed by atoms with E-state index in [-0.39, 0.29) is 11.9 Å². The Morgan fingerprint density at radius 2 is 2.05 bits per heavy atom. The Balaban J connectivity index is 1.73. The lowest BCUT2D eigenvalue weighted by atomic mass is 10.1. The molecule has 3 rings (SSSR count). The number of likely N-dealkylation sites (tertiary alicyclic amines) is 1. The topological polar surface area (TPSA) is 73.9 Å². The molecular weight excluding hydrogens is 266 g/mol. The smallest absolute Gasteiger partial charge is 0.273 e. The maximum Gasteiger partial charge on any atom is 0.273 e. The van der Waals surface area contributed by atoms with E-state index in [9.17, 15) is 4.79 Å². The molecule has 1 amide bonds. The quantitative estimate of drug-likeness (QED) is 0.870. The van der Waals surface area contributed by atoms with Crippen LogP contribution in [0.3, 0.4) is 0 Å². The molecule has 1 atom stereocenters. The van der Waals surface area contributed by atoms with Crippen LogP contribution in [0, 0.1) is 0 Å². The lowest BCUT2D eigenvalue weighted by Gasteiger charge is -2.24. The van der Waals surface area contributed by atoms with Gasteiger partial charge in [-0.3, -0.25) is 4.79 Å². The van der Waals surface area contributed by atoms with Gasteiger partial charge in [0.1, 0.15) is 0 Å². The average Bonchev–Trinajstić information content (AvgIpc) is 3.21. The summed E-state index contributed by atoms with van der Waals surface area (Å²) in [5.74, 6) is -0.197. The van der Waals surface area contributed by atoms with Gasteiger partial charge in [-0.25, -0.2) is 0 Å². The Labute approximate surface area is 123 Å². The molecule has 2 heterocycles. The van der Waals surface area contributed by atoms with E-state index in [0.717, 1.165) is 25.2 Å².